The van der Waals surface area contributed by atoms with E-state index in [1.54, 1.807) is 11.3 Å². The minimum atomic E-state index is -0.0501. The SMILES string of the molecule is Cc1ccc2nc(N3CCCC(C(=O)Nc4cc(Cl)ccc4C)C3)sc2c1. The summed E-state index contributed by atoms with van der Waals surface area (Å²) in [5, 5.41) is 4.70. The molecule has 4 nitrogen and oxygen atoms in total. The molecule has 1 N–H and O–H groups in total. The minimum absolute atomic E-state index is 0.0501. The standard InChI is InChI=1S/C21H22ClN3OS/c1-13-5-8-17-19(10-13)27-21(24-17)25-9-3-4-15(12-25)20(26)23-18-11-16(22)7-6-14(18)2/h5-8,10-11,15H,3-4,9,12H2,1-2H3,(H,23,26). The molecule has 0 saturated carbocycles. The number of piperidine rings is 1. The Morgan fingerprint density at radius 1 is 1.26 bits per heavy atom. The summed E-state index contributed by atoms with van der Waals surface area (Å²) in [5.74, 6) is 0.00732. The van der Waals surface area contributed by atoms with Crippen LogP contribution in [0.15, 0.2) is 36.4 Å². The maximum absolute atomic E-state index is 12.8. The molecule has 0 spiro atoms. The van der Waals surface area contributed by atoms with E-state index in [-0.39, 0.29) is 11.8 Å². The molecule has 1 aromatic heterocycles. The number of aryl methyl sites for hydroxylation is 2. The lowest BCUT2D eigenvalue weighted by atomic mass is 9.97. The summed E-state index contributed by atoms with van der Waals surface area (Å²) in [6, 6.07) is 11.9. The highest BCUT2D eigenvalue weighted by Crippen LogP contribution is 2.32. The smallest absolute Gasteiger partial charge is 0.229 e. The number of aromatic nitrogens is 1. The fourth-order valence-corrected chi connectivity index (χ4v) is 4.75. The molecule has 1 unspecified atom stereocenters. The number of anilines is 2. The summed E-state index contributed by atoms with van der Waals surface area (Å²) >= 11 is 7.78. The number of benzene rings is 2. The molecule has 27 heavy (non-hydrogen) atoms. The first-order chi connectivity index (χ1) is 13.0. The van der Waals surface area contributed by atoms with Crippen molar-refractivity contribution in [2.24, 2.45) is 5.92 Å². The number of amides is 1. The Labute approximate surface area is 168 Å². The van der Waals surface area contributed by atoms with E-state index in [9.17, 15) is 4.79 Å². The number of halogens is 1. The molecule has 2 aromatic carbocycles. The van der Waals surface area contributed by atoms with E-state index >= 15 is 0 Å². The van der Waals surface area contributed by atoms with Crippen molar-refractivity contribution in [1.29, 1.82) is 0 Å². The van der Waals surface area contributed by atoms with Crippen molar-refractivity contribution >= 4 is 49.9 Å². The Balaban J connectivity index is 1.49. The van der Waals surface area contributed by atoms with E-state index in [4.69, 9.17) is 16.6 Å². The second kappa shape index (κ2) is 7.49. The van der Waals surface area contributed by atoms with Gasteiger partial charge in [0.2, 0.25) is 5.91 Å². The number of carbonyl (C=O) groups excluding carboxylic acids is 1. The van der Waals surface area contributed by atoms with E-state index in [0.29, 0.717) is 11.6 Å². The summed E-state index contributed by atoms with van der Waals surface area (Å²) < 4.78 is 1.20. The number of nitrogens with one attached hydrogen (secondary N) is 1. The summed E-state index contributed by atoms with van der Waals surface area (Å²) in [5.41, 5.74) is 4.08. The van der Waals surface area contributed by atoms with E-state index in [1.165, 1.54) is 10.3 Å². The first-order valence-corrected chi connectivity index (χ1v) is 10.4. The average Bonchev–Trinajstić information content (AvgIpc) is 3.08. The van der Waals surface area contributed by atoms with Gasteiger partial charge in [-0.25, -0.2) is 4.98 Å². The fraction of sp³-hybridized carbons (Fsp3) is 0.333. The van der Waals surface area contributed by atoms with Crippen molar-refractivity contribution in [3.63, 3.8) is 0 Å². The topological polar surface area (TPSA) is 45.2 Å². The molecular weight excluding hydrogens is 378 g/mol. The molecule has 1 amide bonds. The maximum Gasteiger partial charge on any atom is 0.229 e. The Morgan fingerprint density at radius 3 is 2.96 bits per heavy atom. The van der Waals surface area contributed by atoms with Crippen LogP contribution in [0.4, 0.5) is 10.8 Å². The van der Waals surface area contributed by atoms with Crippen LogP contribution < -0.4 is 10.2 Å². The summed E-state index contributed by atoms with van der Waals surface area (Å²) in [6.45, 7) is 5.71. The first kappa shape index (κ1) is 18.3. The van der Waals surface area contributed by atoms with Crippen LogP contribution in [0.25, 0.3) is 10.2 Å². The van der Waals surface area contributed by atoms with Crippen LogP contribution in [0, 0.1) is 19.8 Å². The van der Waals surface area contributed by atoms with Crippen LogP contribution in [0.3, 0.4) is 0 Å². The third-order valence-corrected chi connectivity index (χ3v) is 6.37. The van der Waals surface area contributed by atoms with Gasteiger partial charge in [0, 0.05) is 23.8 Å². The highest BCUT2D eigenvalue weighted by atomic mass is 35.5. The number of rotatable bonds is 3. The van der Waals surface area contributed by atoms with Gasteiger partial charge >= 0.3 is 0 Å². The Bertz CT molecular complexity index is 1000. The van der Waals surface area contributed by atoms with Crippen molar-refractivity contribution in [2.75, 3.05) is 23.3 Å². The summed E-state index contributed by atoms with van der Waals surface area (Å²) in [7, 11) is 0. The van der Waals surface area contributed by atoms with Crippen molar-refractivity contribution in [3.05, 3.63) is 52.5 Å². The second-order valence-electron chi connectivity index (χ2n) is 7.20. The zero-order valence-corrected chi connectivity index (χ0v) is 17.0. The van der Waals surface area contributed by atoms with Crippen molar-refractivity contribution < 1.29 is 4.79 Å². The molecule has 6 heteroatoms. The quantitative estimate of drug-likeness (QED) is 0.639. The van der Waals surface area contributed by atoms with Crippen LogP contribution in [0.5, 0.6) is 0 Å². The zero-order chi connectivity index (χ0) is 19.0. The lowest BCUT2D eigenvalue weighted by Gasteiger charge is -2.31. The van der Waals surface area contributed by atoms with Crippen LogP contribution in [0.2, 0.25) is 5.02 Å². The number of carbonyl (C=O) groups is 1. The van der Waals surface area contributed by atoms with Gasteiger partial charge in [-0.05, 0) is 62.1 Å². The summed E-state index contributed by atoms with van der Waals surface area (Å²) in [6.07, 6.45) is 1.88. The van der Waals surface area contributed by atoms with Crippen LogP contribution in [-0.2, 0) is 4.79 Å². The molecule has 1 saturated heterocycles. The molecule has 1 fully saturated rings. The third kappa shape index (κ3) is 3.94. The zero-order valence-electron chi connectivity index (χ0n) is 15.5. The Kier molecular flexibility index (Phi) is 5.06. The molecule has 0 aliphatic carbocycles. The van der Waals surface area contributed by atoms with Crippen LogP contribution >= 0.6 is 22.9 Å². The lowest BCUT2D eigenvalue weighted by Crippen LogP contribution is -2.40. The molecule has 4 rings (SSSR count). The van der Waals surface area contributed by atoms with Gasteiger partial charge < -0.3 is 10.2 Å². The number of nitrogens with zero attached hydrogens (tertiary/aromatic N) is 2. The van der Waals surface area contributed by atoms with Gasteiger partial charge in [0.05, 0.1) is 16.1 Å². The third-order valence-electron chi connectivity index (χ3n) is 5.05. The van der Waals surface area contributed by atoms with Gasteiger partial charge in [0.25, 0.3) is 0 Å². The number of hydrogen-bond donors (Lipinski definition) is 1. The van der Waals surface area contributed by atoms with Crippen molar-refractivity contribution in [2.45, 2.75) is 26.7 Å². The molecule has 3 aromatic rings. The van der Waals surface area contributed by atoms with Crippen LogP contribution in [0.1, 0.15) is 24.0 Å². The predicted octanol–water partition coefficient (Wildman–Crippen LogP) is 5.42. The molecule has 1 aliphatic rings. The molecule has 2 heterocycles. The normalized spacial score (nSPS) is 17.3. The summed E-state index contributed by atoms with van der Waals surface area (Å²) in [4.78, 5) is 19.9. The minimum Gasteiger partial charge on any atom is -0.347 e. The molecule has 1 atom stereocenters. The Hall–Kier alpha value is -2.11. The average molecular weight is 400 g/mol. The van der Waals surface area contributed by atoms with Crippen LogP contribution in [-0.4, -0.2) is 24.0 Å². The highest BCUT2D eigenvalue weighted by Gasteiger charge is 2.27. The monoisotopic (exact) mass is 399 g/mol. The van der Waals surface area contributed by atoms with Gasteiger partial charge in [-0.15, -0.1) is 0 Å². The largest absolute Gasteiger partial charge is 0.347 e. The van der Waals surface area contributed by atoms with Gasteiger partial charge in [-0.1, -0.05) is 35.1 Å². The molecule has 0 bridgehead atoms. The van der Waals surface area contributed by atoms with E-state index in [0.717, 1.165) is 41.3 Å². The van der Waals surface area contributed by atoms with Crippen molar-refractivity contribution in [1.82, 2.24) is 4.98 Å². The van der Waals surface area contributed by atoms with Gasteiger partial charge in [-0.2, -0.15) is 0 Å². The van der Waals surface area contributed by atoms with Gasteiger partial charge in [0.15, 0.2) is 5.13 Å². The molecule has 140 valence electrons. The van der Waals surface area contributed by atoms with Crippen molar-refractivity contribution in [3.8, 4) is 0 Å². The van der Waals surface area contributed by atoms with E-state index in [1.807, 2.05) is 25.1 Å². The van der Waals surface area contributed by atoms with Gasteiger partial charge in [-0.3, -0.25) is 4.79 Å². The fourth-order valence-electron chi connectivity index (χ4n) is 3.48. The number of fused-ring (bicyclic) bond motifs is 1. The number of hydrogen-bond acceptors (Lipinski definition) is 4. The molecule has 0 radical (unpaired) electrons. The Morgan fingerprint density at radius 2 is 2.11 bits per heavy atom. The predicted molar refractivity (Wildman–Crippen MR) is 114 cm³/mol. The van der Waals surface area contributed by atoms with Gasteiger partial charge in [0.1, 0.15) is 0 Å². The maximum atomic E-state index is 12.8. The van der Waals surface area contributed by atoms with E-state index < -0.39 is 0 Å². The molecule has 1 aliphatic heterocycles. The second-order valence-corrected chi connectivity index (χ2v) is 8.65. The lowest BCUT2D eigenvalue weighted by molar-refractivity contribution is -0.120. The first-order valence-electron chi connectivity index (χ1n) is 9.19. The highest BCUT2D eigenvalue weighted by molar-refractivity contribution is 7.22. The molecular formula is C21H22ClN3OS. The van der Waals surface area contributed by atoms with E-state index in [2.05, 4.69) is 35.3 Å². The number of thiazole rings is 1.